The lowest BCUT2D eigenvalue weighted by Crippen LogP contribution is -2.33. The number of amides is 2. The van der Waals surface area contributed by atoms with E-state index in [2.05, 4.69) is 25.9 Å². The summed E-state index contributed by atoms with van der Waals surface area (Å²) in [6.45, 7) is 5.54. The van der Waals surface area contributed by atoms with Crippen molar-refractivity contribution in [3.8, 4) is 11.4 Å². The Morgan fingerprint density at radius 1 is 1.31 bits per heavy atom. The van der Waals surface area contributed by atoms with Crippen LogP contribution in [0.2, 0.25) is 0 Å². The van der Waals surface area contributed by atoms with Crippen molar-refractivity contribution in [1.29, 1.82) is 0 Å². The highest BCUT2D eigenvalue weighted by molar-refractivity contribution is 5.93. The van der Waals surface area contributed by atoms with Gasteiger partial charge in [0.2, 0.25) is 0 Å². The molecule has 0 saturated carbocycles. The Kier molecular flexibility index (Phi) is 5.28. The highest BCUT2D eigenvalue weighted by atomic mass is 16.2. The van der Waals surface area contributed by atoms with Gasteiger partial charge in [0.25, 0.3) is 0 Å². The number of anilines is 1. The number of likely N-dealkylation sites (tertiary alicyclic amines) is 1. The second-order valence-corrected chi connectivity index (χ2v) is 7.84. The summed E-state index contributed by atoms with van der Waals surface area (Å²) in [7, 11) is 1.92. The summed E-state index contributed by atoms with van der Waals surface area (Å²) in [5, 5.41) is 19.3. The molecule has 0 aliphatic carbocycles. The number of nitrogens with zero attached hydrogens (tertiary/aromatic N) is 7. The Bertz CT molecular complexity index is 992. The van der Waals surface area contributed by atoms with Gasteiger partial charge in [0.15, 0.2) is 5.82 Å². The smallest absolute Gasteiger partial charge is 0.321 e. The summed E-state index contributed by atoms with van der Waals surface area (Å²) >= 11 is 0. The molecule has 9 heteroatoms. The third-order valence-electron chi connectivity index (χ3n) is 5.25. The van der Waals surface area contributed by atoms with Crippen LogP contribution < -0.4 is 5.32 Å². The molecule has 0 bridgehead atoms. The number of aryl methyl sites for hydroxylation is 1. The van der Waals surface area contributed by atoms with Crippen molar-refractivity contribution in [3.05, 3.63) is 42.2 Å². The maximum atomic E-state index is 12.9. The molecule has 3 aromatic rings. The second-order valence-electron chi connectivity index (χ2n) is 7.84. The van der Waals surface area contributed by atoms with Gasteiger partial charge in [-0.3, -0.25) is 4.68 Å². The van der Waals surface area contributed by atoms with Gasteiger partial charge in [0.05, 0.1) is 17.9 Å². The minimum atomic E-state index is -0.0882. The van der Waals surface area contributed by atoms with Gasteiger partial charge in [-0.15, -0.1) is 5.10 Å². The van der Waals surface area contributed by atoms with Crippen LogP contribution in [0.3, 0.4) is 0 Å². The van der Waals surface area contributed by atoms with E-state index in [1.165, 1.54) is 5.56 Å². The first-order chi connectivity index (χ1) is 14.0. The van der Waals surface area contributed by atoms with Gasteiger partial charge in [-0.2, -0.15) is 5.10 Å². The van der Waals surface area contributed by atoms with Gasteiger partial charge in [0.1, 0.15) is 0 Å². The molecule has 1 fully saturated rings. The van der Waals surface area contributed by atoms with E-state index in [-0.39, 0.29) is 12.1 Å². The van der Waals surface area contributed by atoms with Crippen molar-refractivity contribution in [3.63, 3.8) is 0 Å². The summed E-state index contributed by atoms with van der Waals surface area (Å²) in [6.07, 6.45) is 5.88. The zero-order valence-corrected chi connectivity index (χ0v) is 17.0. The molecule has 2 amide bonds. The van der Waals surface area contributed by atoms with Crippen molar-refractivity contribution in [2.45, 2.75) is 32.7 Å². The molecular weight excluding hydrogens is 368 g/mol. The Hall–Kier alpha value is -3.23. The first kappa shape index (κ1) is 19.1. The average Bonchev–Trinajstić information content (AvgIpc) is 3.43. The van der Waals surface area contributed by atoms with E-state index in [0.29, 0.717) is 17.4 Å². The van der Waals surface area contributed by atoms with Crippen LogP contribution in [-0.4, -0.2) is 54.0 Å². The van der Waals surface area contributed by atoms with E-state index in [1.54, 1.807) is 4.68 Å². The third kappa shape index (κ3) is 4.13. The van der Waals surface area contributed by atoms with E-state index >= 15 is 0 Å². The maximum absolute atomic E-state index is 12.9. The fourth-order valence-electron chi connectivity index (χ4n) is 3.79. The van der Waals surface area contributed by atoms with Gasteiger partial charge >= 0.3 is 6.03 Å². The number of aromatic nitrogens is 6. The summed E-state index contributed by atoms with van der Waals surface area (Å²) in [5.41, 5.74) is 2.74. The van der Waals surface area contributed by atoms with Crippen molar-refractivity contribution >= 4 is 11.7 Å². The summed E-state index contributed by atoms with van der Waals surface area (Å²) in [5.74, 6) is 1.10. The molecule has 9 nitrogen and oxygen atoms in total. The third-order valence-corrected chi connectivity index (χ3v) is 5.25. The molecule has 1 N–H and O–H groups in total. The Morgan fingerprint density at radius 3 is 2.90 bits per heavy atom. The van der Waals surface area contributed by atoms with Crippen molar-refractivity contribution in [1.82, 2.24) is 34.9 Å². The van der Waals surface area contributed by atoms with Crippen LogP contribution in [0, 0.1) is 5.92 Å². The van der Waals surface area contributed by atoms with E-state index in [0.717, 1.165) is 31.5 Å². The van der Waals surface area contributed by atoms with E-state index in [1.807, 2.05) is 67.1 Å². The monoisotopic (exact) mass is 394 g/mol. The second kappa shape index (κ2) is 8.02. The number of para-hydroxylation sites is 1. The molecule has 1 aliphatic heterocycles. The van der Waals surface area contributed by atoms with Crippen LogP contribution in [0.4, 0.5) is 10.5 Å². The molecule has 1 unspecified atom stereocenters. The molecule has 0 spiro atoms. The molecule has 1 saturated heterocycles. The van der Waals surface area contributed by atoms with Crippen molar-refractivity contribution in [2.75, 3.05) is 18.4 Å². The highest BCUT2D eigenvalue weighted by Crippen LogP contribution is 2.28. The van der Waals surface area contributed by atoms with Gasteiger partial charge < -0.3 is 10.2 Å². The lowest BCUT2D eigenvalue weighted by Gasteiger charge is -2.19. The van der Waals surface area contributed by atoms with E-state index in [4.69, 9.17) is 0 Å². The Balaban J connectivity index is 1.45. The Labute approximate surface area is 169 Å². The zero-order valence-electron chi connectivity index (χ0n) is 17.0. The SMILES string of the molecule is CC(C)n1nnnc1-c1ccccc1NC(=O)N1CCC(Cc2cnn(C)c2)C1. The fraction of sp³-hybridized carbons (Fsp3) is 0.450. The minimum absolute atomic E-state index is 0.0882. The predicted molar refractivity (Wildman–Crippen MR) is 109 cm³/mol. The van der Waals surface area contributed by atoms with Crippen LogP contribution in [0.15, 0.2) is 36.7 Å². The van der Waals surface area contributed by atoms with Crippen molar-refractivity contribution in [2.24, 2.45) is 13.0 Å². The predicted octanol–water partition coefficient (Wildman–Crippen LogP) is 2.75. The number of nitrogens with one attached hydrogen (secondary N) is 1. The standard InChI is InChI=1S/C20H26N8O/c1-14(2)28-19(23-24-25-28)17-6-4-5-7-18(17)22-20(29)27-9-8-15(13-27)10-16-11-21-26(3)12-16/h4-7,11-12,14-15H,8-10,13H2,1-3H3,(H,22,29). The average molecular weight is 394 g/mol. The molecule has 0 radical (unpaired) electrons. The van der Waals surface area contributed by atoms with Crippen LogP contribution in [0.5, 0.6) is 0 Å². The number of carbonyl (C=O) groups excluding carboxylic acids is 1. The summed E-state index contributed by atoms with van der Waals surface area (Å²) in [4.78, 5) is 14.8. The van der Waals surface area contributed by atoms with Crippen LogP contribution in [0.1, 0.15) is 31.9 Å². The minimum Gasteiger partial charge on any atom is -0.324 e. The zero-order chi connectivity index (χ0) is 20.4. The number of benzene rings is 1. The lowest BCUT2D eigenvalue weighted by atomic mass is 10.0. The van der Waals surface area contributed by atoms with Gasteiger partial charge in [0, 0.05) is 31.9 Å². The fourth-order valence-corrected chi connectivity index (χ4v) is 3.79. The Morgan fingerprint density at radius 2 is 2.14 bits per heavy atom. The molecule has 1 aliphatic rings. The molecule has 2 aromatic heterocycles. The number of carbonyl (C=O) groups is 1. The quantitative estimate of drug-likeness (QED) is 0.718. The van der Waals surface area contributed by atoms with Gasteiger partial charge in [-0.1, -0.05) is 12.1 Å². The van der Waals surface area contributed by atoms with Crippen molar-refractivity contribution < 1.29 is 4.79 Å². The lowest BCUT2D eigenvalue weighted by molar-refractivity contribution is 0.221. The number of hydrogen-bond donors (Lipinski definition) is 1. The first-order valence-electron chi connectivity index (χ1n) is 9.92. The number of tetrazole rings is 1. The molecule has 1 aromatic carbocycles. The topological polar surface area (TPSA) is 93.8 Å². The molecule has 1 atom stereocenters. The molecule has 29 heavy (non-hydrogen) atoms. The van der Waals surface area contributed by atoms with Crippen LogP contribution >= 0.6 is 0 Å². The first-order valence-corrected chi connectivity index (χ1v) is 9.92. The molecule has 3 heterocycles. The summed E-state index contributed by atoms with van der Waals surface area (Å²) < 4.78 is 3.57. The largest absolute Gasteiger partial charge is 0.324 e. The maximum Gasteiger partial charge on any atom is 0.321 e. The van der Waals surface area contributed by atoms with Gasteiger partial charge in [-0.05, 0) is 60.7 Å². The molecule has 152 valence electrons. The molecule has 4 rings (SSSR count). The van der Waals surface area contributed by atoms with E-state index < -0.39 is 0 Å². The molecular formula is C20H26N8O. The number of rotatable bonds is 5. The number of hydrogen-bond acceptors (Lipinski definition) is 5. The number of urea groups is 1. The van der Waals surface area contributed by atoms with Crippen LogP contribution in [0.25, 0.3) is 11.4 Å². The normalized spacial score (nSPS) is 16.6. The van der Waals surface area contributed by atoms with Gasteiger partial charge in [-0.25, -0.2) is 9.48 Å². The summed E-state index contributed by atoms with van der Waals surface area (Å²) in [6, 6.07) is 7.66. The van der Waals surface area contributed by atoms with Crippen LogP contribution in [-0.2, 0) is 13.5 Å². The highest BCUT2D eigenvalue weighted by Gasteiger charge is 2.27. The van der Waals surface area contributed by atoms with E-state index in [9.17, 15) is 4.79 Å².